The first-order valence-corrected chi connectivity index (χ1v) is 4.83. The van der Waals surface area contributed by atoms with Crippen LogP contribution in [0.1, 0.15) is 19.4 Å². The summed E-state index contributed by atoms with van der Waals surface area (Å²) in [6.07, 6.45) is -4.50. The van der Waals surface area contributed by atoms with Crippen molar-refractivity contribution in [2.24, 2.45) is 0 Å². The van der Waals surface area contributed by atoms with Crippen molar-refractivity contribution in [2.45, 2.75) is 25.4 Å². The van der Waals surface area contributed by atoms with Gasteiger partial charge in [0.2, 0.25) is 0 Å². The summed E-state index contributed by atoms with van der Waals surface area (Å²) in [6.45, 7) is -3.31. The number of hydrogen-bond acceptors (Lipinski definition) is 0. The van der Waals surface area contributed by atoms with Crippen molar-refractivity contribution in [1.29, 1.82) is 0 Å². The summed E-state index contributed by atoms with van der Waals surface area (Å²) < 4.78 is 74.8. The van der Waals surface area contributed by atoms with E-state index in [-0.39, 0.29) is 56.9 Å². The Kier molecular flexibility index (Phi) is 6.03. The van der Waals surface area contributed by atoms with Crippen LogP contribution in [0.4, 0.5) is 26.1 Å². The van der Waals surface area contributed by atoms with E-state index in [9.17, 15) is 26.1 Å². The van der Waals surface area contributed by atoms with Crippen LogP contribution < -0.4 is 56.8 Å². The predicted molar refractivity (Wildman–Crippen MR) is 54.2 cm³/mol. The van der Waals surface area contributed by atoms with Gasteiger partial charge in [0.1, 0.15) is 0 Å². The second-order valence-electron chi connectivity index (χ2n) is 4.32. The molecule has 0 saturated heterocycles. The monoisotopic (exact) mass is 294 g/mol. The number of alkyl halides is 3. The number of hydrogen-bond donors (Lipinski definition) is 0. The van der Waals surface area contributed by atoms with Crippen molar-refractivity contribution in [2.75, 3.05) is 0 Å². The minimum Gasteiger partial charge on any atom is -0.445 e. The van der Waals surface area contributed by atoms with Crippen molar-refractivity contribution in [3.05, 3.63) is 29.8 Å². The zero-order chi connectivity index (χ0) is 13.5. The molecule has 8 heteroatoms. The Bertz CT molecular complexity index is 392. The van der Waals surface area contributed by atoms with E-state index in [1.807, 2.05) is 0 Å². The van der Waals surface area contributed by atoms with Crippen molar-refractivity contribution < 1.29 is 77.5 Å². The van der Waals surface area contributed by atoms with Crippen LogP contribution in [0, 0.1) is 0 Å². The summed E-state index contributed by atoms with van der Waals surface area (Å²) >= 11 is 0. The molecule has 0 aliphatic heterocycles. The van der Waals surface area contributed by atoms with E-state index in [4.69, 9.17) is 0 Å². The molecule has 0 heterocycles. The second kappa shape index (κ2) is 5.87. The molecule has 0 radical (unpaired) electrons. The van der Waals surface area contributed by atoms with Crippen LogP contribution in [0.25, 0.3) is 0 Å². The molecule has 96 valence electrons. The number of rotatable bonds is 2. The Labute approximate surface area is 144 Å². The van der Waals surface area contributed by atoms with Gasteiger partial charge in [-0.3, -0.25) is 0 Å². The summed E-state index contributed by atoms with van der Waals surface area (Å²) in [7, 11) is 0. The van der Waals surface area contributed by atoms with Crippen molar-refractivity contribution in [3.8, 4) is 0 Å². The van der Waals surface area contributed by atoms with Gasteiger partial charge in [0.25, 0.3) is 0 Å². The van der Waals surface area contributed by atoms with Gasteiger partial charge in [-0.25, -0.2) is 0 Å². The Morgan fingerprint density at radius 1 is 0.889 bits per heavy atom. The molecule has 0 aliphatic rings. The number of halogens is 6. The molecular weight excluding hydrogens is 284 g/mol. The molecule has 0 aliphatic carbocycles. The summed E-state index contributed by atoms with van der Waals surface area (Å²) in [5, 5.41) is 0. The molecule has 0 unspecified atom stereocenters. The zero-order valence-electron chi connectivity index (χ0n) is 10.2. The summed E-state index contributed by atoms with van der Waals surface area (Å²) in [4.78, 5) is 0. The quantitative estimate of drug-likeness (QED) is 0.553. The van der Waals surface area contributed by atoms with Gasteiger partial charge in [0, 0.05) is 0 Å². The fraction of sp³-hybridized carbons (Fsp3) is 0.400. The fourth-order valence-corrected chi connectivity index (χ4v) is 1.28. The van der Waals surface area contributed by atoms with E-state index >= 15 is 0 Å². The maximum absolute atomic E-state index is 12.6. The van der Waals surface area contributed by atoms with Crippen molar-refractivity contribution in [3.63, 3.8) is 0 Å². The SMILES string of the molecule is CC(C)(c1ccc([B-](F)(F)F)cc1)C(F)(F)F.[K+]. The molecular formula is C10H10BF6K. The first-order chi connectivity index (χ1) is 7.46. The van der Waals surface area contributed by atoms with Gasteiger partial charge in [-0.1, -0.05) is 24.3 Å². The van der Waals surface area contributed by atoms with Crippen LogP contribution in [-0.4, -0.2) is 13.2 Å². The van der Waals surface area contributed by atoms with E-state index in [0.29, 0.717) is 12.1 Å². The molecule has 1 aromatic rings. The van der Waals surface area contributed by atoms with Gasteiger partial charge >= 0.3 is 64.5 Å². The molecule has 0 atom stereocenters. The Morgan fingerprint density at radius 2 is 1.28 bits per heavy atom. The van der Waals surface area contributed by atoms with Crippen LogP contribution >= 0.6 is 0 Å². The average Bonchev–Trinajstić information content (AvgIpc) is 2.15. The van der Waals surface area contributed by atoms with Crippen LogP contribution in [0.3, 0.4) is 0 Å². The third kappa shape index (κ3) is 4.00. The standard InChI is InChI=1S/C10H10BF6.K/c1-9(2,10(12,13)14)7-3-5-8(6-4-7)11(15,16)17;/h3-6H,1-2H3;/q-1;+1. The molecule has 0 aromatic heterocycles. The minimum absolute atomic E-state index is 0. The Morgan fingerprint density at radius 3 is 1.56 bits per heavy atom. The first-order valence-electron chi connectivity index (χ1n) is 4.83. The van der Waals surface area contributed by atoms with Gasteiger partial charge in [0.15, 0.2) is 0 Å². The van der Waals surface area contributed by atoms with Gasteiger partial charge in [0.05, 0.1) is 5.41 Å². The number of benzene rings is 1. The summed E-state index contributed by atoms with van der Waals surface area (Å²) in [6, 6.07) is 3.11. The van der Waals surface area contributed by atoms with E-state index in [1.54, 1.807) is 0 Å². The molecule has 0 spiro atoms. The van der Waals surface area contributed by atoms with Crippen molar-refractivity contribution >= 4 is 12.4 Å². The third-order valence-corrected chi connectivity index (χ3v) is 2.72. The Balaban J connectivity index is 0.00000289. The normalized spacial score (nSPS) is 13.1. The van der Waals surface area contributed by atoms with E-state index in [1.165, 1.54) is 0 Å². The van der Waals surface area contributed by atoms with Gasteiger partial charge in [-0.05, 0) is 19.4 Å². The van der Waals surface area contributed by atoms with Gasteiger partial charge in [-0.2, -0.15) is 13.2 Å². The van der Waals surface area contributed by atoms with Gasteiger partial charge < -0.3 is 12.9 Å². The molecule has 0 saturated carbocycles. The topological polar surface area (TPSA) is 0 Å². The Hall–Kier alpha value is 0.501. The van der Waals surface area contributed by atoms with Crippen LogP contribution in [0.15, 0.2) is 24.3 Å². The average molecular weight is 294 g/mol. The molecule has 0 fully saturated rings. The minimum atomic E-state index is -5.17. The fourth-order valence-electron chi connectivity index (χ4n) is 1.28. The molecule has 1 rings (SSSR count). The first kappa shape index (κ1) is 18.5. The molecule has 0 nitrogen and oxygen atoms in total. The smallest absolute Gasteiger partial charge is 0.445 e. The zero-order valence-corrected chi connectivity index (χ0v) is 13.3. The van der Waals surface area contributed by atoms with E-state index < -0.39 is 24.0 Å². The summed E-state index contributed by atoms with van der Waals surface area (Å²) in [5.41, 5.74) is -3.25. The molecule has 18 heavy (non-hydrogen) atoms. The van der Waals surface area contributed by atoms with E-state index in [2.05, 4.69) is 0 Å². The predicted octanol–water partition coefficient (Wildman–Crippen LogP) is 0.585. The largest absolute Gasteiger partial charge is 1.00 e. The van der Waals surface area contributed by atoms with Gasteiger partial charge in [-0.15, -0.1) is 5.46 Å². The summed E-state index contributed by atoms with van der Waals surface area (Å²) in [5.74, 6) is 0. The second-order valence-corrected chi connectivity index (χ2v) is 4.32. The van der Waals surface area contributed by atoms with E-state index in [0.717, 1.165) is 26.0 Å². The molecule has 1 aromatic carbocycles. The molecule has 0 bridgehead atoms. The maximum Gasteiger partial charge on any atom is 1.00 e. The van der Waals surface area contributed by atoms with Crippen LogP contribution in [0.2, 0.25) is 0 Å². The third-order valence-electron chi connectivity index (χ3n) is 2.72. The van der Waals surface area contributed by atoms with Crippen LogP contribution in [-0.2, 0) is 5.41 Å². The van der Waals surface area contributed by atoms with Crippen molar-refractivity contribution in [1.82, 2.24) is 0 Å². The van der Waals surface area contributed by atoms with Crippen LogP contribution in [0.5, 0.6) is 0 Å². The molecule has 0 amide bonds. The maximum atomic E-state index is 12.6. The molecule has 0 N–H and O–H groups in total.